The van der Waals surface area contributed by atoms with Crippen LogP contribution in [0.3, 0.4) is 0 Å². The van der Waals surface area contributed by atoms with Crippen molar-refractivity contribution in [3.63, 3.8) is 0 Å². The molecule has 0 spiro atoms. The van der Waals surface area contributed by atoms with Gasteiger partial charge in [-0.2, -0.15) is 0 Å². The zero-order valence-electron chi connectivity index (χ0n) is 17.7. The van der Waals surface area contributed by atoms with Crippen LogP contribution in [0.4, 0.5) is 0 Å². The van der Waals surface area contributed by atoms with Crippen molar-refractivity contribution in [1.29, 1.82) is 0 Å². The van der Waals surface area contributed by atoms with Crippen molar-refractivity contribution < 1.29 is 19.1 Å². The molecule has 2 aromatic carbocycles. The van der Waals surface area contributed by atoms with E-state index < -0.39 is 0 Å². The molecule has 0 bridgehead atoms. The number of methoxy groups -OCH3 is 2. The smallest absolute Gasteiger partial charge is 0.253 e. The summed E-state index contributed by atoms with van der Waals surface area (Å²) in [6, 6.07) is 12.5. The molecule has 2 aromatic rings. The fourth-order valence-electron chi connectivity index (χ4n) is 2.97. The normalized spacial score (nSPS) is 10.3. The zero-order chi connectivity index (χ0) is 21.2. The summed E-state index contributed by atoms with van der Waals surface area (Å²) in [7, 11) is 4.98. The quantitative estimate of drug-likeness (QED) is 0.665. The number of rotatable bonds is 10. The number of nitrogens with zero attached hydrogens (tertiary/aromatic N) is 1. The van der Waals surface area contributed by atoms with Gasteiger partial charge in [-0.15, -0.1) is 0 Å². The van der Waals surface area contributed by atoms with E-state index >= 15 is 0 Å². The molecule has 156 valence electrons. The Hall–Kier alpha value is -3.02. The van der Waals surface area contributed by atoms with Gasteiger partial charge in [0, 0.05) is 31.3 Å². The van der Waals surface area contributed by atoms with Crippen molar-refractivity contribution in [1.82, 2.24) is 10.2 Å². The van der Waals surface area contributed by atoms with Crippen molar-refractivity contribution >= 4 is 11.8 Å². The Balaban J connectivity index is 1.95. The first-order valence-electron chi connectivity index (χ1n) is 9.84. The van der Waals surface area contributed by atoms with Gasteiger partial charge in [0.1, 0.15) is 0 Å². The van der Waals surface area contributed by atoms with Gasteiger partial charge in [-0.25, -0.2) is 0 Å². The molecule has 2 amide bonds. The lowest BCUT2D eigenvalue weighted by atomic mass is 10.1. The number of carbonyl (C=O) groups excluding carboxylic acids is 2. The SMILES string of the molecule is CCCCN(C)C(=O)c1cccc(C(=O)NCCc2ccc(OC)c(OC)c2)c1. The minimum atomic E-state index is -0.198. The molecule has 0 radical (unpaired) electrons. The molecule has 0 unspecified atom stereocenters. The van der Waals surface area contributed by atoms with E-state index in [0.29, 0.717) is 42.1 Å². The summed E-state index contributed by atoms with van der Waals surface area (Å²) < 4.78 is 10.5. The molecule has 0 aliphatic carbocycles. The lowest BCUT2D eigenvalue weighted by Gasteiger charge is -2.17. The second-order valence-corrected chi connectivity index (χ2v) is 6.86. The van der Waals surface area contributed by atoms with Gasteiger partial charge in [0.2, 0.25) is 0 Å². The Bertz CT molecular complexity index is 835. The van der Waals surface area contributed by atoms with E-state index in [4.69, 9.17) is 9.47 Å². The Labute approximate surface area is 172 Å². The van der Waals surface area contributed by atoms with Crippen LogP contribution in [0.2, 0.25) is 0 Å². The molecule has 0 aliphatic heterocycles. The maximum atomic E-state index is 12.5. The summed E-state index contributed by atoms with van der Waals surface area (Å²) in [5.74, 6) is 1.06. The zero-order valence-corrected chi connectivity index (χ0v) is 17.7. The molecule has 0 saturated heterocycles. The molecule has 0 atom stereocenters. The van der Waals surface area contributed by atoms with E-state index in [0.717, 1.165) is 18.4 Å². The second-order valence-electron chi connectivity index (χ2n) is 6.86. The minimum Gasteiger partial charge on any atom is -0.493 e. The van der Waals surface area contributed by atoms with Gasteiger partial charge in [0.25, 0.3) is 11.8 Å². The highest BCUT2D eigenvalue weighted by Crippen LogP contribution is 2.27. The van der Waals surface area contributed by atoms with Crippen molar-refractivity contribution in [2.75, 3.05) is 34.4 Å². The van der Waals surface area contributed by atoms with Crippen LogP contribution in [0, 0.1) is 0 Å². The van der Waals surface area contributed by atoms with E-state index in [1.165, 1.54) is 0 Å². The largest absolute Gasteiger partial charge is 0.493 e. The maximum absolute atomic E-state index is 12.5. The summed E-state index contributed by atoms with van der Waals surface area (Å²) in [5.41, 5.74) is 2.03. The molecule has 0 heterocycles. The Morgan fingerprint density at radius 1 is 1.00 bits per heavy atom. The number of carbonyl (C=O) groups is 2. The predicted molar refractivity (Wildman–Crippen MR) is 114 cm³/mol. The number of ether oxygens (including phenoxy) is 2. The third kappa shape index (κ3) is 6.24. The molecule has 6 nitrogen and oxygen atoms in total. The predicted octanol–water partition coefficient (Wildman–Crippen LogP) is 3.55. The highest BCUT2D eigenvalue weighted by Gasteiger charge is 2.14. The van der Waals surface area contributed by atoms with Gasteiger partial charge in [-0.05, 0) is 48.7 Å². The van der Waals surface area contributed by atoms with E-state index in [1.807, 2.05) is 18.2 Å². The highest BCUT2D eigenvalue weighted by atomic mass is 16.5. The third-order valence-corrected chi connectivity index (χ3v) is 4.71. The van der Waals surface area contributed by atoms with E-state index in [1.54, 1.807) is 50.4 Å². The van der Waals surface area contributed by atoms with Crippen molar-refractivity contribution in [3.05, 3.63) is 59.2 Å². The summed E-state index contributed by atoms with van der Waals surface area (Å²) in [5, 5.41) is 2.91. The first-order chi connectivity index (χ1) is 14.0. The van der Waals surface area contributed by atoms with Gasteiger partial charge in [-0.3, -0.25) is 9.59 Å². The lowest BCUT2D eigenvalue weighted by Crippen LogP contribution is -2.29. The molecule has 1 N–H and O–H groups in total. The van der Waals surface area contributed by atoms with Gasteiger partial charge in [0.15, 0.2) is 11.5 Å². The van der Waals surface area contributed by atoms with Crippen LogP contribution < -0.4 is 14.8 Å². The molecular weight excluding hydrogens is 368 g/mol. The van der Waals surface area contributed by atoms with Crippen LogP contribution in [0.1, 0.15) is 46.0 Å². The summed E-state index contributed by atoms with van der Waals surface area (Å²) in [4.78, 5) is 26.7. The van der Waals surface area contributed by atoms with Crippen LogP contribution >= 0.6 is 0 Å². The number of hydrogen-bond donors (Lipinski definition) is 1. The molecule has 6 heteroatoms. The van der Waals surface area contributed by atoms with Crippen molar-refractivity contribution in [2.24, 2.45) is 0 Å². The fraction of sp³-hybridized carbons (Fsp3) is 0.391. The standard InChI is InChI=1S/C23H30N2O4/c1-5-6-14-25(2)23(27)19-9-7-8-18(16-19)22(26)24-13-12-17-10-11-20(28-3)21(15-17)29-4/h7-11,15-16H,5-6,12-14H2,1-4H3,(H,24,26). The maximum Gasteiger partial charge on any atom is 0.253 e. The monoisotopic (exact) mass is 398 g/mol. The Kier molecular flexibility index (Phi) is 8.52. The Morgan fingerprint density at radius 2 is 1.72 bits per heavy atom. The van der Waals surface area contributed by atoms with Gasteiger partial charge >= 0.3 is 0 Å². The van der Waals surface area contributed by atoms with E-state index in [9.17, 15) is 9.59 Å². The average Bonchev–Trinajstić information content (AvgIpc) is 2.76. The Morgan fingerprint density at radius 3 is 2.41 bits per heavy atom. The average molecular weight is 399 g/mol. The topological polar surface area (TPSA) is 67.9 Å². The van der Waals surface area contributed by atoms with Gasteiger partial charge < -0.3 is 19.7 Å². The number of nitrogens with one attached hydrogen (secondary N) is 1. The molecule has 0 aliphatic rings. The lowest BCUT2D eigenvalue weighted by molar-refractivity contribution is 0.0793. The van der Waals surface area contributed by atoms with Crippen LogP contribution in [-0.4, -0.2) is 51.1 Å². The summed E-state index contributed by atoms with van der Waals surface area (Å²) in [6.45, 7) is 3.27. The van der Waals surface area contributed by atoms with Gasteiger partial charge in [-0.1, -0.05) is 25.5 Å². The minimum absolute atomic E-state index is 0.0709. The first kappa shape index (κ1) is 22.3. The fourth-order valence-corrected chi connectivity index (χ4v) is 2.97. The molecular formula is C23H30N2O4. The van der Waals surface area contributed by atoms with E-state index in [-0.39, 0.29) is 11.8 Å². The summed E-state index contributed by atoms with van der Waals surface area (Å²) in [6.07, 6.45) is 2.64. The van der Waals surface area contributed by atoms with Crippen LogP contribution in [0.25, 0.3) is 0 Å². The number of benzene rings is 2. The molecule has 2 rings (SSSR count). The van der Waals surface area contributed by atoms with E-state index in [2.05, 4.69) is 12.2 Å². The van der Waals surface area contributed by atoms with Crippen molar-refractivity contribution in [3.8, 4) is 11.5 Å². The number of hydrogen-bond acceptors (Lipinski definition) is 4. The summed E-state index contributed by atoms with van der Waals surface area (Å²) >= 11 is 0. The second kappa shape index (κ2) is 11.1. The van der Waals surface area contributed by atoms with Crippen molar-refractivity contribution in [2.45, 2.75) is 26.2 Å². The van der Waals surface area contributed by atoms with Crippen LogP contribution in [0.15, 0.2) is 42.5 Å². The molecule has 29 heavy (non-hydrogen) atoms. The number of unbranched alkanes of at least 4 members (excludes halogenated alkanes) is 1. The van der Waals surface area contributed by atoms with Crippen LogP contribution in [0.5, 0.6) is 11.5 Å². The number of amides is 2. The van der Waals surface area contributed by atoms with Gasteiger partial charge in [0.05, 0.1) is 14.2 Å². The molecule has 0 saturated carbocycles. The third-order valence-electron chi connectivity index (χ3n) is 4.71. The first-order valence-corrected chi connectivity index (χ1v) is 9.84. The van der Waals surface area contributed by atoms with Crippen LogP contribution in [-0.2, 0) is 6.42 Å². The molecule has 0 aromatic heterocycles. The molecule has 0 fully saturated rings. The highest BCUT2D eigenvalue weighted by molar-refractivity contribution is 5.99.